The molecule has 0 aliphatic carbocycles. The fourth-order valence-corrected chi connectivity index (χ4v) is 14.7. The number of piperazine rings is 4. The van der Waals surface area contributed by atoms with Gasteiger partial charge in [0.2, 0.25) is 0 Å². The van der Waals surface area contributed by atoms with Crippen LogP contribution in [0.25, 0.3) is 43.6 Å². The molecule has 0 bridgehead atoms. The number of pyridine rings is 4. The van der Waals surface area contributed by atoms with Crippen molar-refractivity contribution in [1.29, 1.82) is 0 Å². The molecule has 4 saturated heterocycles. The van der Waals surface area contributed by atoms with Gasteiger partial charge in [-0.3, -0.25) is 19.9 Å². The molecule has 590 valence electrons. The lowest BCUT2D eigenvalue weighted by Crippen LogP contribution is -2.45. The van der Waals surface area contributed by atoms with Gasteiger partial charge in [0.15, 0.2) is 11.6 Å². The number of nitrogens with zero attached hydrogens (tertiary/aromatic N) is 24. The maximum atomic E-state index is 14.6. The molecule has 29 heteroatoms. The van der Waals surface area contributed by atoms with E-state index in [2.05, 4.69) is 138 Å². The second-order valence-corrected chi connectivity index (χ2v) is 29.7. The second-order valence-electron chi connectivity index (χ2n) is 29.7. The Kier molecular flexibility index (Phi) is 25.5. The molecule has 0 unspecified atom stereocenters. The highest BCUT2D eigenvalue weighted by molar-refractivity contribution is 5.94. The van der Waals surface area contributed by atoms with E-state index in [9.17, 15) is 22.0 Å². The van der Waals surface area contributed by atoms with Crippen LogP contribution < -0.4 is 39.2 Å². The molecule has 0 amide bonds. The zero-order valence-corrected chi connectivity index (χ0v) is 66.5. The first-order chi connectivity index (χ1) is 54.4. The third-order valence-corrected chi connectivity index (χ3v) is 20.8. The molecule has 4 aliphatic heterocycles. The van der Waals surface area contributed by atoms with Crippen LogP contribution in [0.3, 0.4) is 0 Å². The van der Waals surface area contributed by atoms with Gasteiger partial charge in [0.25, 0.3) is 0 Å². The van der Waals surface area contributed by atoms with Crippen molar-refractivity contribution < 1.29 is 22.0 Å². The highest BCUT2D eigenvalue weighted by atomic mass is 19.2. The molecule has 16 rings (SSSR count). The van der Waals surface area contributed by atoms with Crippen molar-refractivity contribution in [3.8, 4) is 0 Å². The number of fused-ring (bicyclic) bond motifs is 4. The summed E-state index contributed by atoms with van der Waals surface area (Å²) < 4.78 is 71.1. The number of halogens is 5. The molecule has 24 nitrogen and oxygen atoms in total. The van der Waals surface area contributed by atoms with E-state index in [1.807, 2.05) is 113 Å². The van der Waals surface area contributed by atoms with Crippen molar-refractivity contribution in [2.24, 2.45) is 0 Å². The Labute approximate surface area is 657 Å². The Hall–Kier alpha value is -11.3. The van der Waals surface area contributed by atoms with E-state index in [0.29, 0.717) is 65.3 Å². The van der Waals surface area contributed by atoms with Gasteiger partial charge in [-0.1, -0.05) is 12.1 Å². The van der Waals surface area contributed by atoms with Crippen molar-refractivity contribution in [1.82, 2.24) is 79.4 Å². The summed E-state index contributed by atoms with van der Waals surface area (Å²) in [5.74, 6) is 4.18. The standard InChI is InChI=1S/C21H24F2N6.3C21H25FN6/c1-14-25-15(11-19(26-14)29-9-7-27(2)8-10-29)13-28(3)18-12-17(22)20(23)16-5-4-6-24-21(16)18;1-15-24-16(13-20(25-15)28-11-9-26(2)10-12-28)14-27(3)19-7-6-18(22)17-5-4-8-23-21(17)19;1-15-24-17(13-19(25-15)28-11-9-26(2)10-12-28)14-27(3)21-18(22)7-6-16-5-4-8-23-20(16)21;1-15-24-18(13-20(25-15)28-9-7-26(2)8-10-28)14-27(3)19-12-17(22)11-16-5-4-6-23-21(16)19/h4-6,11-12H,7-10,13H2,1-3H3;2*4-8,13H,9-12,14H2,1-3H3;4-6,11-13H,7-10,14H2,1-3H3. The maximum Gasteiger partial charge on any atom is 0.168 e. The molecule has 12 heterocycles. The molecule has 0 radical (unpaired) electrons. The number of likely N-dealkylation sites (N-methyl/N-ethyl adjacent to an activating group) is 4. The van der Waals surface area contributed by atoms with Crippen molar-refractivity contribution >= 4 is 89.6 Å². The van der Waals surface area contributed by atoms with Gasteiger partial charge in [-0.2, -0.15) is 0 Å². The largest absolute Gasteiger partial charge is 0.367 e. The first kappa shape index (κ1) is 79.8. The fraction of sp³-hybridized carbons (Fsp3) is 0.381. The minimum absolute atomic E-state index is 0.173. The average Bonchev–Trinajstić information content (AvgIpc) is 0.812. The van der Waals surface area contributed by atoms with Gasteiger partial charge in [-0.15, -0.1) is 0 Å². The molecule has 4 fully saturated rings. The van der Waals surface area contributed by atoms with Gasteiger partial charge < -0.3 is 58.8 Å². The lowest BCUT2D eigenvalue weighted by atomic mass is 10.1. The van der Waals surface area contributed by atoms with Gasteiger partial charge in [0, 0.05) is 210 Å². The van der Waals surface area contributed by atoms with Crippen LogP contribution in [0, 0.1) is 56.8 Å². The van der Waals surface area contributed by atoms with E-state index < -0.39 is 11.6 Å². The Balaban J connectivity index is 0.000000132. The monoisotopic (exact) mass is 1540 g/mol. The fourth-order valence-electron chi connectivity index (χ4n) is 14.7. The maximum absolute atomic E-state index is 14.6. The van der Waals surface area contributed by atoms with Gasteiger partial charge in [0.1, 0.15) is 64.0 Å². The molecule has 8 aromatic heterocycles. The summed E-state index contributed by atoms with van der Waals surface area (Å²) in [5, 5.41) is 2.42. The van der Waals surface area contributed by atoms with Crippen molar-refractivity contribution in [3.63, 3.8) is 0 Å². The zero-order chi connectivity index (χ0) is 79.6. The summed E-state index contributed by atoms with van der Waals surface area (Å²) in [7, 11) is 16.2. The predicted molar refractivity (Wildman–Crippen MR) is 441 cm³/mol. The molecule has 113 heavy (non-hydrogen) atoms. The second kappa shape index (κ2) is 36.0. The van der Waals surface area contributed by atoms with Gasteiger partial charge >= 0.3 is 0 Å². The van der Waals surface area contributed by atoms with E-state index in [1.54, 1.807) is 61.2 Å². The first-order valence-electron chi connectivity index (χ1n) is 38.2. The average molecular weight is 1540 g/mol. The highest BCUT2D eigenvalue weighted by Crippen LogP contribution is 2.34. The van der Waals surface area contributed by atoms with E-state index >= 15 is 0 Å². The molecular formula is C84H99F5N24. The van der Waals surface area contributed by atoms with E-state index in [-0.39, 0.29) is 22.8 Å². The number of benzene rings is 4. The molecular weight excluding hydrogens is 1440 g/mol. The lowest BCUT2D eigenvalue weighted by Gasteiger charge is -2.33. The predicted octanol–water partition coefficient (Wildman–Crippen LogP) is 11.6. The Bertz CT molecular complexity index is 5280. The molecule has 0 atom stereocenters. The quantitative estimate of drug-likeness (QED) is 0.0828. The van der Waals surface area contributed by atoms with Crippen molar-refractivity contribution in [2.45, 2.75) is 53.9 Å². The van der Waals surface area contributed by atoms with E-state index in [0.717, 1.165) is 196 Å². The van der Waals surface area contributed by atoms with E-state index in [4.69, 9.17) is 0 Å². The van der Waals surface area contributed by atoms with Crippen LogP contribution in [0.4, 0.5) is 68.0 Å². The van der Waals surface area contributed by atoms with Crippen LogP contribution in [-0.4, -0.2) is 241 Å². The van der Waals surface area contributed by atoms with Crippen LogP contribution in [0.15, 0.2) is 140 Å². The number of aromatic nitrogens is 12. The Morgan fingerprint density at radius 2 is 0.655 bits per heavy atom. The van der Waals surface area contributed by atoms with Gasteiger partial charge in [0.05, 0.1) is 93.8 Å². The summed E-state index contributed by atoms with van der Waals surface area (Å²) >= 11 is 0. The van der Waals surface area contributed by atoms with Crippen molar-refractivity contribution in [3.05, 3.63) is 215 Å². The summed E-state index contributed by atoms with van der Waals surface area (Å²) in [5.41, 5.74) is 8.75. The summed E-state index contributed by atoms with van der Waals surface area (Å²) in [6.07, 6.45) is 6.70. The molecule has 4 aliphatic rings. The smallest absolute Gasteiger partial charge is 0.168 e. The molecule has 12 aromatic rings. The molecule has 0 saturated carbocycles. The number of hydrogen-bond acceptors (Lipinski definition) is 24. The van der Waals surface area contributed by atoms with Crippen LogP contribution in [0.1, 0.15) is 46.1 Å². The third kappa shape index (κ3) is 19.8. The minimum atomic E-state index is -0.885. The number of rotatable bonds is 16. The van der Waals surface area contributed by atoms with Crippen LogP contribution >= 0.6 is 0 Å². The van der Waals surface area contributed by atoms with Crippen LogP contribution in [0.2, 0.25) is 0 Å². The summed E-state index contributed by atoms with van der Waals surface area (Å²) in [6.45, 7) is 25.4. The van der Waals surface area contributed by atoms with Crippen molar-refractivity contribution in [2.75, 3.05) is 200 Å². The molecule has 0 spiro atoms. The number of anilines is 8. The number of aryl methyl sites for hydroxylation is 4. The highest BCUT2D eigenvalue weighted by Gasteiger charge is 2.25. The minimum Gasteiger partial charge on any atom is -0.367 e. The normalized spacial score (nSPS) is 15.2. The number of hydrogen-bond donors (Lipinski definition) is 0. The molecule has 4 aromatic carbocycles. The first-order valence-corrected chi connectivity index (χ1v) is 38.2. The van der Waals surface area contributed by atoms with Crippen LogP contribution in [0.5, 0.6) is 0 Å². The summed E-state index contributed by atoms with van der Waals surface area (Å²) in [4.78, 5) is 80.5. The SMILES string of the molecule is Cc1nc(CN(C)c2c(F)ccc3cccnc23)cc(N2CCN(C)CC2)n1.Cc1nc(CN(C)c2cc(F)c(F)c3cccnc23)cc(N2CCN(C)CC2)n1.Cc1nc(CN(C)c2cc(F)cc3cccnc23)cc(N2CCN(C)CC2)n1.Cc1nc(CN(C)c2ccc(F)c3cccnc23)cc(N2CCN(C)CC2)n1. The van der Waals surface area contributed by atoms with Gasteiger partial charge in [-0.05, 0) is 129 Å². The van der Waals surface area contributed by atoms with Crippen LogP contribution in [-0.2, 0) is 26.2 Å². The third-order valence-electron chi connectivity index (χ3n) is 20.8. The Morgan fingerprint density at radius 1 is 0.310 bits per heavy atom. The van der Waals surface area contributed by atoms with E-state index in [1.165, 1.54) is 30.3 Å². The zero-order valence-electron chi connectivity index (χ0n) is 66.5. The topological polar surface area (TPSA) is 194 Å². The Morgan fingerprint density at radius 3 is 1.09 bits per heavy atom. The lowest BCUT2D eigenvalue weighted by molar-refractivity contribution is 0.312. The van der Waals surface area contributed by atoms with Gasteiger partial charge in [-0.25, -0.2) is 61.8 Å². The summed E-state index contributed by atoms with van der Waals surface area (Å²) in [6, 6.07) is 33.0. The molecule has 0 N–H and O–H groups in total.